The van der Waals surface area contributed by atoms with Crippen LogP contribution in [-0.4, -0.2) is 34.1 Å². The first kappa shape index (κ1) is 17.8. The van der Waals surface area contributed by atoms with Gasteiger partial charge in [0.25, 0.3) is 5.91 Å². The molecule has 2 aromatic heterocycles. The Kier molecular flexibility index (Phi) is 5.11. The normalized spacial score (nSPS) is 12.3. The Morgan fingerprint density at radius 2 is 2.04 bits per heavy atom. The summed E-state index contributed by atoms with van der Waals surface area (Å²) < 4.78 is 32.9. The van der Waals surface area contributed by atoms with Crippen molar-refractivity contribution in [3.05, 3.63) is 54.0 Å². The standard InChI is InChI=1S/C18H18F2N4O2/c1-11(9-22-17(25)12-7-8-15(26-2)21-10-12)16-23-13-5-3-4-6-14(13)24(16)18(19)20/h3-8,10-11,18H,9H2,1-2H3,(H,22,25). The number of fused-ring (bicyclic) bond motifs is 1. The zero-order chi connectivity index (χ0) is 18.7. The van der Waals surface area contributed by atoms with Crippen LogP contribution in [0.2, 0.25) is 0 Å². The molecule has 0 aliphatic carbocycles. The Morgan fingerprint density at radius 3 is 2.69 bits per heavy atom. The number of hydrogen-bond donors (Lipinski definition) is 1. The number of methoxy groups -OCH3 is 1. The molecule has 8 heteroatoms. The van der Waals surface area contributed by atoms with Crippen molar-refractivity contribution in [2.45, 2.75) is 19.4 Å². The summed E-state index contributed by atoms with van der Waals surface area (Å²) in [5.74, 6) is -0.104. The molecule has 3 aromatic rings. The van der Waals surface area contributed by atoms with Gasteiger partial charge in [0.15, 0.2) is 0 Å². The van der Waals surface area contributed by atoms with Crippen LogP contribution in [0.1, 0.15) is 35.6 Å². The molecule has 26 heavy (non-hydrogen) atoms. The smallest absolute Gasteiger partial charge is 0.320 e. The fraction of sp³-hybridized carbons (Fsp3) is 0.278. The molecule has 0 aliphatic rings. The number of carbonyl (C=O) groups excluding carboxylic acids is 1. The van der Waals surface area contributed by atoms with Gasteiger partial charge in [0.1, 0.15) is 5.82 Å². The summed E-state index contributed by atoms with van der Waals surface area (Å²) in [4.78, 5) is 20.5. The van der Waals surface area contributed by atoms with Crippen LogP contribution in [0.25, 0.3) is 11.0 Å². The highest BCUT2D eigenvalue weighted by Crippen LogP contribution is 2.27. The highest BCUT2D eigenvalue weighted by atomic mass is 19.3. The molecule has 0 saturated carbocycles. The molecule has 1 unspecified atom stereocenters. The molecule has 1 aromatic carbocycles. The van der Waals surface area contributed by atoms with Crippen LogP contribution in [0.4, 0.5) is 8.78 Å². The summed E-state index contributed by atoms with van der Waals surface area (Å²) in [6.45, 7) is -0.797. The van der Waals surface area contributed by atoms with Gasteiger partial charge in [-0.1, -0.05) is 19.1 Å². The summed E-state index contributed by atoms with van der Waals surface area (Å²) >= 11 is 0. The number of alkyl halides is 2. The third-order valence-corrected chi connectivity index (χ3v) is 4.04. The van der Waals surface area contributed by atoms with Crippen LogP contribution in [0.3, 0.4) is 0 Å². The first-order valence-electron chi connectivity index (χ1n) is 8.04. The maximum atomic E-state index is 13.5. The number of amides is 1. The largest absolute Gasteiger partial charge is 0.481 e. The quantitative estimate of drug-likeness (QED) is 0.732. The van der Waals surface area contributed by atoms with E-state index >= 15 is 0 Å². The SMILES string of the molecule is COc1ccc(C(=O)NCC(C)c2nc3ccccc3n2C(F)F)cn1. The maximum Gasteiger partial charge on any atom is 0.320 e. The van der Waals surface area contributed by atoms with Crippen molar-refractivity contribution in [1.29, 1.82) is 0 Å². The van der Waals surface area contributed by atoms with E-state index in [1.807, 2.05) is 0 Å². The van der Waals surface area contributed by atoms with E-state index in [0.717, 1.165) is 4.57 Å². The van der Waals surface area contributed by atoms with Gasteiger partial charge in [-0.15, -0.1) is 0 Å². The van der Waals surface area contributed by atoms with Gasteiger partial charge in [0.05, 0.1) is 23.7 Å². The predicted octanol–water partition coefficient (Wildman–Crippen LogP) is 3.37. The van der Waals surface area contributed by atoms with E-state index in [0.29, 0.717) is 22.5 Å². The zero-order valence-electron chi connectivity index (χ0n) is 14.3. The third kappa shape index (κ3) is 3.49. The van der Waals surface area contributed by atoms with Crippen molar-refractivity contribution in [3.63, 3.8) is 0 Å². The van der Waals surface area contributed by atoms with Crippen LogP contribution in [-0.2, 0) is 0 Å². The summed E-state index contributed by atoms with van der Waals surface area (Å²) in [6, 6.07) is 9.89. The Balaban J connectivity index is 1.75. The lowest BCUT2D eigenvalue weighted by Gasteiger charge is -2.15. The summed E-state index contributed by atoms with van der Waals surface area (Å²) in [7, 11) is 1.48. The van der Waals surface area contributed by atoms with Gasteiger partial charge in [0.2, 0.25) is 5.88 Å². The predicted molar refractivity (Wildman–Crippen MR) is 92.5 cm³/mol. The molecular formula is C18H18F2N4O2. The summed E-state index contributed by atoms with van der Waals surface area (Å²) in [5.41, 5.74) is 1.23. The molecule has 0 saturated heterocycles. The minimum absolute atomic E-state index is 0.168. The van der Waals surface area contributed by atoms with Gasteiger partial charge < -0.3 is 10.1 Å². The number of pyridine rings is 1. The molecule has 0 radical (unpaired) electrons. The fourth-order valence-electron chi connectivity index (χ4n) is 2.69. The van der Waals surface area contributed by atoms with Gasteiger partial charge in [-0.3, -0.25) is 9.36 Å². The van der Waals surface area contributed by atoms with E-state index in [1.165, 1.54) is 13.3 Å². The molecule has 0 bridgehead atoms. The molecule has 0 aliphatic heterocycles. The average Bonchev–Trinajstić information content (AvgIpc) is 3.05. The Hall–Kier alpha value is -3.03. The number of para-hydroxylation sites is 2. The molecule has 6 nitrogen and oxygen atoms in total. The monoisotopic (exact) mass is 360 g/mol. The van der Waals surface area contributed by atoms with Crippen molar-refractivity contribution in [1.82, 2.24) is 19.9 Å². The van der Waals surface area contributed by atoms with Crippen molar-refractivity contribution in [3.8, 4) is 5.88 Å². The van der Waals surface area contributed by atoms with Crippen molar-refractivity contribution in [2.75, 3.05) is 13.7 Å². The molecule has 1 amide bonds. The van der Waals surface area contributed by atoms with Crippen LogP contribution >= 0.6 is 0 Å². The molecule has 2 heterocycles. The highest BCUT2D eigenvalue weighted by molar-refractivity contribution is 5.93. The molecule has 0 spiro atoms. The maximum absolute atomic E-state index is 13.5. The highest BCUT2D eigenvalue weighted by Gasteiger charge is 2.22. The van der Waals surface area contributed by atoms with E-state index in [1.54, 1.807) is 43.3 Å². The minimum Gasteiger partial charge on any atom is -0.481 e. The van der Waals surface area contributed by atoms with Gasteiger partial charge in [-0.2, -0.15) is 8.78 Å². The minimum atomic E-state index is -2.71. The van der Waals surface area contributed by atoms with Crippen LogP contribution in [0.5, 0.6) is 5.88 Å². The number of rotatable bonds is 6. The lowest BCUT2D eigenvalue weighted by atomic mass is 10.1. The van der Waals surface area contributed by atoms with E-state index in [9.17, 15) is 13.6 Å². The van der Waals surface area contributed by atoms with Crippen LogP contribution in [0, 0.1) is 0 Å². The van der Waals surface area contributed by atoms with E-state index in [2.05, 4.69) is 15.3 Å². The van der Waals surface area contributed by atoms with Gasteiger partial charge in [-0.25, -0.2) is 9.97 Å². The van der Waals surface area contributed by atoms with Gasteiger partial charge in [-0.05, 0) is 18.2 Å². The number of aromatic nitrogens is 3. The van der Waals surface area contributed by atoms with Crippen molar-refractivity contribution >= 4 is 16.9 Å². The summed E-state index contributed by atoms with van der Waals surface area (Å²) in [6.07, 6.45) is 1.40. The average molecular weight is 360 g/mol. The van der Waals surface area contributed by atoms with E-state index < -0.39 is 12.5 Å². The van der Waals surface area contributed by atoms with Gasteiger partial charge >= 0.3 is 6.55 Å². The number of carbonyl (C=O) groups is 1. The molecule has 1 atom stereocenters. The Bertz CT molecular complexity index is 909. The number of halogens is 2. The second kappa shape index (κ2) is 7.47. The topological polar surface area (TPSA) is 69.0 Å². The number of nitrogens with one attached hydrogen (secondary N) is 1. The van der Waals surface area contributed by atoms with Crippen molar-refractivity contribution in [2.24, 2.45) is 0 Å². The zero-order valence-corrected chi connectivity index (χ0v) is 14.3. The number of hydrogen-bond acceptors (Lipinski definition) is 4. The fourth-order valence-corrected chi connectivity index (χ4v) is 2.69. The van der Waals surface area contributed by atoms with Crippen LogP contribution < -0.4 is 10.1 Å². The second-order valence-electron chi connectivity index (χ2n) is 5.81. The van der Waals surface area contributed by atoms with E-state index in [-0.39, 0.29) is 18.3 Å². The Morgan fingerprint density at radius 1 is 1.27 bits per heavy atom. The number of ether oxygens (including phenoxy) is 1. The molecule has 3 rings (SSSR count). The lowest BCUT2D eigenvalue weighted by molar-refractivity contribution is 0.0704. The first-order chi connectivity index (χ1) is 12.5. The molecular weight excluding hydrogens is 342 g/mol. The number of imidazole rings is 1. The van der Waals surface area contributed by atoms with Crippen LogP contribution in [0.15, 0.2) is 42.6 Å². The third-order valence-electron chi connectivity index (χ3n) is 4.04. The second-order valence-corrected chi connectivity index (χ2v) is 5.81. The van der Waals surface area contributed by atoms with Crippen molar-refractivity contribution < 1.29 is 18.3 Å². The lowest BCUT2D eigenvalue weighted by Crippen LogP contribution is -2.28. The first-order valence-corrected chi connectivity index (χ1v) is 8.04. The number of benzene rings is 1. The van der Waals surface area contributed by atoms with E-state index in [4.69, 9.17) is 4.74 Å². The van der Waals surface area contributed by atoms with Gasteiger partial charge in [0, 0.05) is 24.7 Å². The Labute approximate surface area is 148 Å². The number of nitrogens with zero attached hydrogens (tertiary/aromatic N) is 3. The molecule has 136 valence electrons. The molecule has 0 fully saturated rings. The molecule has 1 N–H and O–H groups in total. The summed E-state index contributed by atoms with van der Waals surface area (Å²) in [5, 5.41) is 2.73.